The van der Waals surface area contributed by atoms with Gasteiger partial charge in [0.25, 0.3) is 0 Å². The van der Waals surface area contributed by atoms with E-state index in [4.69, 9.17) is 11.5 Å². The lowest BCUT2D eigenvalue weighted by atomic mass is 10.0. The molecule has 15 nitrogen and oxygen atoms in total. The molecule has 1 aromatic rings. The van der Waals surface area contributed by atoms with Crippen molar-refractivity contribution in [2.24, 2.45) is 17.4 Å². The van der Waals surface area contributed by atoms with Crippen LogP contribution in [0.15, 0.2) is 30.3 Å². The van der Waals surface area contributed by atoms with Crippen molar-refractivity contribution in [1.82, 2.24) is 25.8 Å². The summed E-state index contributed by atoms with van der Waals surface area (Å²) in [7, 11) is 0. The number of hydrogen-bond acceptors (Lipinski definition) is 8. The molecule has 2 heterocycles. The summed E-state index contributed by atoms with van der Waals surface area (Å²) in [6, 6.07) is 3.81. The van der Waals surface area contributed by atoms with Crippen LogP contribution in [-0.2, 0) is 40.0 Å². The van der Waals surface area contributed by atoms with Crippen molar-refractivity contribution in [3.8, 4) is 0 Å². The van der Waals surface area contributed by atoms with Crippen molar-refractivity contribution in [3.63, 3.8) is 0 Å². The topological polar surface area (TPSA) is 234 Å². The average molecular weight is 644 g/mol. The summed E-state index contributed by atoms with van der Waals surface area (Å²) >= 11 is 0. The van der Waals surface area contributed by atoms with Gasteiger partial charge in [0, 0.05) is 19.5 Å². The number of hydrogen-bond donors (Lipinski definition) is 6. The molecular weight excluding hydrogens is 598 g/mol. The molecule has 5 atom stereocenters. The molecule has 2 aliphatic heterocycles. The number of nitrogens with zero attached hydrogens (tertiary/aromatic N) is 2. The minimum atomic E-state index is -1.18. The van der Waals surface area contributed by atoms with Gasteiger partial charge in [-0.2, -0.15) is 0 Å². The minimum absolute atomic E-state index is 0.0225. The Bertz CT molecular complexity index is 1290. The number of likely N-dealkylation sites (tertiary alicyclic amines) is 2. The van der Waals surface area contributed by atoms with Crippen molar-refractivity contribution in [3.05, 3.63) is 35.9 Å². The van der Waals surface area contributed by atoms with Crippen LogP contribution in [0.5, 0.6) is 0 Å². The molecule has 2 fully saturated rings. The fraction of sp³-hybridized carbons (Fsp3) is 0.581. The summed E-state index contributed by atoms with van der Waals surface area (Å²) in [5, 5.41) is 17.4. The van der Waals surface area contributed by atoms with E-state index in [-0.39, 0.29) is 38.3 Å². The summed E-state index contributed by atoms with van der Waals surface area (Å²) in [5.41, 5.74) is 11.7. The summed E-state index contributed by atoms with van der Waals surface area (Å²) in [6.07, 6.45) is 1.72. The summed E-state index contributed by atoms with van der Waals surface area (Å²) in [6.45, 7) is 3.73. The highest BCUT2D eigenvalue weighted by molar-refractivity contribution is 5.96. The first-order valence-corrected chi connectivity index (χ1v) is 15.6. The molecule has 0 aromatic heterocycles. The lowest BCUT2D eigenvalue weighted by Crippen LogP contribution is -2.57. The number of rotatable bonds is 15. The Morgan fingerprint density at radius 2 is 1.50 bits per heavy atom. The van der Waals surface area contributed by atoms with Crippen molar-refractivity contribution in [2.75, 3.05) is 19.6 Å². The molecule has 3 rings (SSSR count). The van der Waals surface area contributed by atoms with Crippen LogP contribution in [0.4, 0.5) is 0 Å². The van der Waals surface area contributed by atoms with Gasteiger partial charge in [-0.25, -0.2) is 4.79 Å². The van der Waals surface area contributed by atoms with E-state index < -0.39 is 78.2 Å². The van der Waals surface area contributed by atoms with Crippen LogP contribution >= 0.6 is 0 Å². The number of nitrogens with two attached hydrogens (primary N) is 2. The lowest BCUT2D eigenvalue weighted by Gasteiger charge is -2.29. The number of carbonyl (C=O) groups excluding carboxylic acids is 6. The molecule has 0 saturated carbocycles. The van der Waals surface area contributed by atoms with Gasteiger partial charge in [0.2, 0.25) is 35.4 Å². The maximum atomic E-state index is 13.4. The quantitative estimate of drug-likeness (QED) is 0.132. The van der Waals surface area contributed by atoms with Gasteiger partial charge < -0.3 is 42.3 Å². The summed E-state index contributed by atoms with van der Waals surface area (Å²) in [5.74, 6) is -4.84. The van der Waals surface area contributed by atoms with E-state index in [1.165, 1.54) is 9.80 Å². The zero-order valence-corrected chi connectivity index (χ0v) is 26.3. The first kappa shape index (κ1) is 35.9. The Kier molecular flexibility index (Phi) is 13.0. The number of benzene rings is 1. The number of amides is 6. The molecule has 2 saturated heterocycles. The highest BCUT2D eigenvalue weighted by Gasteiger charge is 2.39. The Morgan fingerprint density at radius 1 is 0.891 bits per heavy atom. The van der Waals surface area contributed by atoms with Crippen molar-refractivity contribution >= 4 is 41.4 Å². The van der Waals surface area contributed by atoms with Gasteiger partial charge in [-0.3, -0.25) is 28.8 Å². The van der Waals surface area contributed by atoms with Crippen LogP contribution in [0, 0.1) is 5.92 Å². The molecule has 0 unspecified atom stereocenters. The first-order valence-electron chi connectivity index (χ1n) is 15.6. The van der Waals surface area contributed by atoms with Crippen LogP contribution in [0.25, 0.3) is 0 Å². The molecule has 15 heteroatoms. The Morgan fingerprint density at radius 3 is 2.09 bits per heavy atom. The maximum absolute atomic E-state index is 13.4. The normalized spacial score (nSPS) is 19.7. The predicted octanol–water partition coefficient (Wildman–Crippen LogP) is -1.37. The largest absolute Gasteiger partial charge is 0.480 e. The van der Waals surface area contributed by atoms with Gasteiger partial charge in [0.1, 0.15) is 24.2 Å². The predicted molar refractivity (Wildman–Crippen MR) is 165 cm³/mol. The zero-order chi connectivity index (χ0) is 34.0. The average Bonchev–Trinajstić information content (AvgIpc) is 3.69. The second-order valence-corrected chi connectivity index (χ2v) is 12.2. The van der Waals surface area contributed by atoms with E-state index in [0.29, 0.717) is 25.7 Å². The molecule has 6 amide bonds. The molecule has 1 aromatic carbocycles. The zero-order valence-electron chi connectivity index (χ0n) is 26.3. The Balaban J connectivity index is 1.65. The number of primary amides is 1. The summed E-state index contributed by atoms with van der Waals surface area (Å²) < 4.78 is 0. The molecule has 46 heavy (non-hydrogen) atoms. The third-order valence-electron chi connectivity index (χ3n) is 8.08. The second kappa shape index (κ2) is 16.7. The fourth-order valence-corrected chi connectivity index (χ4v) is 5.86. The Labute approximate surface area is 267 Å². The van der Waals surface area contributed by atoms with Gasteiger partial charge in [0.15, 0.2) is 0 Å². The second-order valence-electron chi connectivity index (χ2n) is 12.2. The fourth-order valence-electron chi connectivity index (χ4n) is 5.86. The van der Waals surface area contributed by atoms with Gasteiger partial charge in [0.05, 0.1) is 19.0 Å². The molecular formula is C31H45N7O8. The van der Waals surface area contributed by atoms with E-state index in [0.717, 1.165) is 5.56 Å². The molecule has 0 spiro atoms. The molecule has 252 valence electrons. The third kappa shape index (κ3) is 9.99. The molecule has 0 aliphatic carbocycles. The van der Waals surface area contributed by atoms with Gasteiger partial charge >= 0.3 is 5.97 Å². The van der Waals surface area contributed by atoms with Crippen LogP contribution in [0.3, 0.4) is 0 Å². The van der Waals surface area contributed by atoms with Gasteiger partial charge in [-0.05, 0) is 43.6 Å². The molecule has 0 bridgehead atoms. The van der Waals surface area contributed by atoms with Crippen molar-refractivity contribution in [2.45, 2.75) is 89.0 Å². The van der Waals surface area contributed by atoms with Gasteiger partial charge in [-0.1, -0.05) is 44.2 Å². The molecule has 8 N–H and O–H groups in total. The van der Waals surface area contributed by atoms with E-state index >= 15 is 0 Å². The van der Waals surface area contributed by atoms with E-state index in [1.54, 1.807) is 24.3 Å². The van der Waals surface area contributed by atoms with Crippen LogP contribution in [-0.4, -0.2) is 106 Å². The van der Waals surface area contributed by atoms with E-state index in [9.17, 15) is 38.7 Å². The van der Waals surface area contributed by atoms with Crippen molar-refractivity contribution in [1.29, 1.82) is 0 Å². The van der Waals surface area contributed by atoms with Crippen LogP contribution in [0.1, 0.15) is 57.9 Å². The van der Waals surface area contributed by atoms with Crippen LogP contribution in [0.2, 0.25) is 0 Å². The smallest absolute Gasteiger partial charge is 0.326 e. The summed E-state index contributed by atoms with van der Waals surface area (Å²) in [4.78, 5) is 91.2. The SMILES string of the molecule is CC(C)C[C@H](NC(=O)[C@@H]1CCCN1C(=O)[C@@H](N)CC(N)=O)C(=O)NCC(=O)N[C@@H](Cc1ccccc1)C(=O)N1CCC[C@H]1C(=O)O. The van der Waals surface area contributed by atoms with Gasteiger partial charge in [-0.15, -0.1) is 0 Å². The van der Waals surface area contributed by atoms with E-state index in [1.807, 2.05) is 19.9 Å². The van der Waals surface area contributed by atoms with E-state index in [2.05, 4.69) is 16.0 Å². The Hall–Kier alpha value is -4.53. The number of carbonyl (C=O) groups is 7. The minimum Gasteiger partial charge on any atom is -0.480 e. The maximum Gasteiger partial charge on any atom is 0.326 e. The molecule has 0 radical (unpaired) electrons. The third-order valence-corrected chi connectivity index (χ3v) is 8.08. The number of carboxylic acids is 1. The first-order chi connectivity index (χ1) is 21.8. The highest BCUT2D eigenvalue weighted by atomic mass is 16.4. The number of nitrogens with one attached hydrogen (secondary N) is 3. The highest BCUT2D eigenvalue weighted by Crippen LogP contribution is 2.21. The number of aliphatic carboxylic acids is 1. The molecule has 2 aliphatic rings. The standard InChI is InChI=1S/C31H45N7O8/c1-18(2)14-21(36-28(42)23-10-6-12-37(23)29(43)20(32)16-25(33)39)27(41)34-17-26(40)35-22(15-19-8-4-3-5-9-19)30(44)38-13-7-11-24(38)31(45)46/h3-5,8-9,18,20-24H,6-7,10-17,32H2,1-2H3,(H2,33,39)(H,34,41)(H,35,40)(H,36,42)(H,45,46)/t20-,21-,22-,23-,24-/m0/s1. The van der Waals surface area contributed by atoms with Crippen molar-refractivity contribution < 1.29 is 38.7 Å². The lowest BCUT2D eigenvalue weighted by molar-refractivity contribution is -0.149. The van der Waals surface area contributed by atoms with Crippen LogP contribution < -0.4 is 27.4 Å². The monoisotopic (exact) mass is 643 g/mol. The number of carboxylic acid groups (broad SMARTS) is 1.